The van der Waals surface area contributed by atoms with E-state index in [1.807, 2.05) is 12.1 Å². The first kappa shape index (κ1) is 18.0. The highest BCUT2D eigenvalue weighted by Crippen LogP contribution is 2.59. The smallest absolute Gasteiger partial charge is 0.139 e. The van der Waals surface area contributed by atoms with Crippen LogP contribution in [0.15, 0.2) is 42.5 Å². The first-order valence-electron chi connectivity index (χ1n) is 11.0. The lowest BCUT2D eigenvalue weighted by molar-refractivity contribution is -0.129. The predicted molar refractivity (Wildman–Crippen MR) is 112 cm³/mol. The summed E-state index contributed by atoms with van der Waals surface area (Å²) in [4.78, 5) is 12.5. The molecule has 0 spiro atoms. The zero-order valence-corrected chi connectivity index (χ0v) is 16.8. The van der Waals surface area contributed by atoms with Crippen molar-refractivity contribution in [1.82, 2.24) is 0 Å². The molecule has 3 unspecified atom stereocenters. The largest absolute Gasteiger partial charge is 0.508 e. The Morgan fingerprint density at radius 3 is 2.68 bits per heavy atom. The molecule has 2 heteroatoms. The molecule has 1 N–H and O–H groups in total. The fraction of sp³-hybridized carbons (Fsp3) is 0.500. The summed E-state index contributed by atoms with van der Waals surface area (Å²) in [6.07, 6.45) is 8.09. The van der Waals surface area contributed by atoms with E-state index in [9.17, 15) is 9.90 Å². The Bertz CT molecular complexity index is 900. The van der Waals surface area contributed by atoms with E-state index in [2.05, 4.69) is 37.3 Å². The van der Waals surface area contributed by atoms with Crippen LogP contribution in [0, 0.1) is 17.3 Å². The minimum atomic E-state index is -0.0638. The second-order valence-corrected chi connectivity index (χ2v) is 9.50. The molecule has 2 aromatic carbocycles. The number of hydrogen-bond acceptors (Lipinski definition) is 2. The highest BCUT2D eigenvalue weighted by Gasteiger charge is 2.54. The average molecular weight is 375 g/mol. The normalized spacial score (nSPS) is 31.2. The van der Waals surface area contributed by atoms with Crippen LogP contribution in [0.4, 0.5) is 0 Å². The van der Waals surface area contributed by atoms with Gasteiger partial charge in [-0.15, -0.1) is 0 Å². The SMILES string of the molecule is C[C@]12CCC3c4cc(CCc5ccccc5)c(O)cc4CCC3C1CCC2=O. The fourth-order valence-electron chi connectivity index (χ4n) is 6.55. The molecule has 5 rings (SSSR count). The summed E-state index contributed by atoms with van der Waals surface area (Å²) in [5.74, 6) is 2.75. The Balaban J connectivity index is 1.43. The van der Waals surface area contributed by atoms with Gasteiger partial charge in [-0.25, -0.2) is 0 Å². The highest BCUT2D eigenvalue weighted by molar-refractivity contribution is 5.87. The van der Waals surface area contributed by atoms with Gasteiger partial charge in [0.25, 0.3) is 0 Å². The molecule has 3 aliphatic rings. The van der Waals surface area contributed by atoms with Crippen LogP contribution in [0.5, 0.6) is 5.75 Å². The monoisotopic (exact) mass is 374 g/mol. The molecule has 0 radical (unpaired) electrons. The molecule has 2 aromatic rings. The van der Waals surface area contributed by atoms with Crippen molar-refractivity contribution < 1.29 is 9.90 Å². The van der Waals surface area contributed by atoms with Gasteiger partial charge >= 0.3 is 0 Å². The van der Waals surface area contributed by atoms with Crippen LogP contribution in [-0.4, -0.2) is 10.9 Å². The van der Waals surface area contributed by atoms with Gasteiger partial charge in [0.1, 0.15) is 11.5 Å². The van der Waals surface area contributed by atoms with E-state index in [1.54, 1.807) is 0 Å². The van der Waals surface area contributed by atoms with Crippen LogP contribution < -0.4 is 0 Å². The Hall–Kier alpha value is -2.09. The summed E-state index contributed by atoms with van der Waals surface area (Å²) in [5, 5.41) is 10.6. The van der Waals surface area contributed by atoms with Crippen molar-refractivity contribution in [1.29, 1.82) is 0 Å². The standard InChI is InChI=1S/C26H30O2/c1-26-14-13-20-21(23(26)11-12-25(26)28)10-9-18-16-24(27)19(15-22(18)20)8-7-17-5-3-2-4-6-17/h2-6,15-16,20-21,23,27H,7-14H2,1H3/t20?,21?,23?,26-/m0/s1. The second kappa shape index (κ2) is 6.76. The molecule has 0 aliphatic heterocycles. The number of rotatable bonds is 3. The Morgan fingerprint density at radius 1 is 1.04 bits per heavy atom. The molecule has 2 nitrogen and oxygen atoms in total. The number of benzene rings is 2. The highest BCUT2D eigenvalue weighted by atomic mass is 16.3. The van der Waals surface area contributed by atoms with Gasteiger partial charge in [-0.05, 0) is 91.0 Å². The van der Waals surface area contributed by atoms with Crippen molar-refractivity contribution in [3.8, 4) is 5.75 Å². The minimum Gasteiger partial charge on any atom is -0.508 e. The number of aromatic hydroxyl groups is 1. The number of phenolic OH excluding ortho intramolecular Hbond substituents is 1. The molecule has 0 aromatic heterocycles. The van der Waals surface area contributed by atoms with Crippen molar-refractivity contribution in [3.05, 3.63) is 64.7 Å². The van der Waals surface area contributed by atoms with Crippen molar-refractivity contribution in [2.75, 3.05) is 0 Å². The van der Waals surface area contributed by atoms with Gasteiger partial charge in [-0.3, -0.25) is 4.79 Å². The average Bonchev–Trinajstić information content (AvgIpc) is 3.02. The predicted octanol–water partition coefficient (Wildman–Crippen LogP) is 5.60. The molecule has 146 valence electrons. The molecule has 28 heavy (non-hydrogen) atoms. The Labute approximate surface area is 168 Å². The van der Waals surface area contributed by atoms with Crippen LogP contribution in [0.3, 0.4) is 0 Å². The summed E-state index contributed by atoms with van der Waals surface area (Å²) in [7, 11) is 0. The van der Waals surface area contributed by atoms with Gasteiger partial charge in [-0.1, -0.05) is 43.3 Å². The van der Waals surface area contributed by atoms with E-state index >= 15 is 0 Å². The van der Waals surface area contributed by atoms with Crippen LogP contribution in [0.2, 0.25) is 0 Å². The van der Waals surface area contributed by atoms with E-state index in [4.69, 9.17) is 0 Å². The van der Waals surface area contributed by atoms with Crippen LogP contribution >= 0.6 is 0 Å². The van der Waals surface area contributed by atoms with E-state index in [-0.39, 0.29) is 5.41 Å². The van der Waals surface area contributed by atoms with E-state index in [1.165, 1.54) is 23.1 Å². The fourth-order valence-corrected chi connectivity index (χ4v) is 6.55. The quantitative estimate of drug-likeness (QED) is 0.759. The third-order valence-corrected chi connectivity index (χ3v) is 8.16. The summed E-state index contributed by atoms with van der Waals surface area (Å²) in [5.41, 5.74) is 5.15. The van der Waals surface area contributed by atoms with Gasteiger partial charge in [0.15, 0.2) is 0 Å². The molecule has 2 saturated carbocycles. The Kier molecular flexibility index (Phi) is 4.34. The molecular weight excluding hydrogens is 344 g/mol. The number of ketones is 1. The first-order chi connectivity index (χ1) is 13.6. The van der Waals surface area contributed by atoms with Crippen LogP contribution in [0.25, 0.3) is 0 Å². The molecule has 3 aliphatic carbocycles. The van der Waals surface area contributed by atoms with Gasteiger partial charge < -0.3 is 5.11 Å². The lowest BCUT2D eigenvalue weighted by Crippen LogP contribution is -2.42. The number of Topliss-reactive ketones (excluding diaryl/α,β-unsaturated/α-hetero) is 1. The number of carbonyl (C=O) groups is 1. The molecular formula is C26H30O2. The van der Waals surface area contributed by atoms with Gasteiger partial charge in [0.05, 0.1) is 0 Å². The maximum atomic E-state index is 12.5. The maximum Gasteiger partial charge on any atom is 0.139 e. The molecule has 0 amide bonds. The molecule has 0 saturated heterocycles. The lowest BCUT2D eigenvalue weighted by Gasteiger charge is -2.48. The summed E-state index contributed by atoms with van der Waals surface area (Å²) in [6, 6.07) is 14.9. The number of carbonyl (C=O) groups excluding carboxylic acids is 1. The van der Waals surface area contributed by atoms with Crippen molar-refractivity contribution >= 4 is 5.78 Å². The third-order valence-electron chi connectivity index (χ3n) is 8.16. The van der Waals surface area contributed by atoms with Gasteiger partial charge in [0, 0.05) is 11.8 Å². The first-order valence-corrected chi connectivity index (χ1v) is 11.0. The second-order valence-electron chi connectivity index (χ2n) is 9.50. The van der Waals surface area contributed by atoms with Crippen LogP contribution in [0.1, 0.15) is 67.2 Å². The van der Waals surface area contributed by atoms with Crippen LogP contribution in [-0.2, 0) is 24.1 Å². The number of fused-ring (bicyclic) bond motifs is 5. The molecule has 0 bridgehead atoms. The maximum absolute atomic E-state index is 12.5. The zero-order chi connectivity index (χ0) is 19.3. The van der Waals surface area contributed by atoms with Gasteiger partial charge in [-0.2, -0.15) is 0 Å². The van der Waals surface area contributed by atoms with E-state index in [0.29, 0.717) is 29.3 Å². The number of aryl methyl sites for hydroxylation is 3. The van der Waals surface area contributed by atoms with Crippen molar-refractivity contribution in [2.24, 2.45) is 17.3 Å². The minimum absolute atomic E-state index is 0.0638. The molecule has 2 fully saturated rings. The number of phenols is 1. The summed E-state index contributed by atoms with van der Waals surface area (Å²) >= 11 is 0. The van der Waals surface area contributed by atoms with Gasteiger partial charge in [0.2, 0.25) is 0 Å². The molecule has 0 heterocycles. The zero-order valence-electron chi connectivity index (χ0n) is 16.8. The summed E-state index contributed by atoms with van der Waals surface area (Å²) in [6.45, 7) is 2.24. The van der Waals surface area contributed by atoms with Crippen molar-refractivity contribution in [2.45, 2.75) is 64.2 Å². The van der Waals surface area contributed by atoms with Crippen molar-refractivity contribution in [3.63, 3.8) is 0 Å². The Morgan fingerprint density at radius 2 is 1.86 bits per heavy atom. The third kappa shape index (κ3) is 2.80. The number of hydrogen-bond donors (Lipinski definition) is 1. The van der Waals surface area contributed by atoms with E-state index in [0.717, 1.165) is 50.5 Å². The molecule has 4 atom stereocenters. The van der Waals surface area contributed by atoms with E-state index < -0.39 is 0 Å². The topological polar surface area (TPSA) is 37.3 Å². The summed E-state index contributed by atoms with van der Waals surface area (Å²) < 4.78 is 0. The lowest BCUT2D eigenvalue weighted by atomic mass is 9.55.